The van der Waals surface area contributed by atoms with E-state index in [0.717, 1.165) is 23.2 Å². The number of aryl methyl sites for hydroxylation is 1. The van der Waals surface area contributed by atoms with E-state index in [4.69, 9.17) is 11.6 Å². The molecule has 0 atom stereocenters. The van der Waals surface area contributed by atoms with Crippen LogP contribution >= 0.6 is 11.6 Å². The molecular formula is C19H26ClN5. The molecule has 1 aromatic heterocycles. The highest BCUT2D eigenvalue weighted by Crippen LogP contribution is 2.40. The van der Waals surface area contributed by atoms with Crippen LogP contribution in [0.2, 0.25) is 5.02 Å². The summed E-state index contributed by atoms with van der Waals surface area (Å²) < 4.78 is 1.87. The zero-order valence-electron chi connectivity index (χ0n) is 14.9. The summed E-state index contributed by atoms with van der Waals surface area (Å²) in [5.41, 5.74) is 2.65. The van der Waals surface area contributed by atoms with E-state index in [1.165, 1.54) is 31.2 Å². The monoisotopic (exact) mass is 359 g/mol. The molecule has 0 unspecified atom stereocenters. The van der Waals surface area contributed by atoms with Gasteiger partial charge in [0.15, 0.2) is 5.96 Å². The van der Waals surface area contributed by atoms with Gasteiger partial charge in [0.1, 0.15) is 0 Å². The number of nitrogens with zero attached hydrogens (tertiary/aromatic N) is 3. The highest BCUT2D eigenvalue weighted by molar-refractivity contribution is 6.30. The highest BCUT2D eigenvalue weighted by Gasteiger charge is 2.35. The van der Waals surface area contributed by atoms with Crippen LogP contribution in [-0.4, -0.2) is 29.3 Å². The van der Waals surface area contributed by atoms with Gasteiger partial charge < -0.3 is 10.6 Å². The summed E-state index contributed by atoms with van der Waals surface area (Å²) in [4.78, 5) is 4.36. The topological polar surface area (TPSA) is 54.2 Å². The largest absolute Gasteiger partial charge is 0.356 e. The van der Waals surface area contributed by atoms with Crippen molar-refractivity contribution in [3.63, 3.8) is 0 Å². The zero-order valence-corrected chi connectivity index (χ0v) is 15.7. The minimum atomic E-state index is 0.161. The molecule has 1 aromatic carbocycles. The van der Waals surface area contributed by atoms with Crippen LogP contribution in [0.15, 0.2) is 41.5 Å². The maximum Gasteiger partial charge on any atom is 0.191 e. The number of aromatic nitrogens is 2. The standard InChI is InChI=1S/C19H26ClN5/c1-21-18(22-13-17-9-12-24-25(17)2)23-14-19(10-3-4-11-19)15-5-7-16(20)8-6-15/h5-9,12H,3-4,10-11,13-14H2,1-2H3,(H2,21,22,23). The molecule has 1 aliphatic carbocycles. The second-order valence-electron chi connectivity index (χ2n) is 6.72. The van der Waals surface area contributed by atoms with Crippen molar-refractivity contribution in [2.75, 3.05) is 13.6 Å². The average Bonchev–Trinajstić information content (AvgIpc) is 3.26. The van der Waals surface area contributed by atoms with Gasteiger partial charge in [-0.1, -0.05) is 36.6 Å². The Hall–Kier alpha value is -2.01. The molecule has 3 rings (SSSR count). The normalized spacial score (nSPS) is 16.8. The van der Waals surface area contributed by atoms with Crippen LogP contribution < -0.4 is 10.6 Å². The molecule has 0 aliphatic heterocycles. The molecule has 2 aromatic rings. The van der Waals surface area contributed by atoms with E-state index < -0.39 is 0 Å². The number of aliphatic imine (C=N–C) groups is 1. The number of halogens is 1. The Morgan fingerprint density at radius 1 is 1.20 bits per heavy atom. The third kappa shape index (κ3) is 4.15. The lowest BCUT2D eigenvalue weighted by Crippen LogP contribution is -2.44. The number of nitrogens with one attached hydrogen (secondary N) is 2. The van der Waals surface area contributed by atoms with Crippen molar-refractivity contribution in [1.82, 2.24) is 20.4 Å². The molecule has 0 bridgehead atoms. The van der Waals surface area contributed by atoms with Gasteiger partial charge in [0, 0.05) is 37.3 Å². The van der Waals surface area contributed by atoms with E-state index in [9.17, 15) is 0 Å². The Labute approximate surface area is 154 Å². The first kappa shape index (κ1) is 17.8. The zero-order chi connectivity index (χ0) is 17.7. The van der Waals surface area contributed by atoms with Gasteiger partial charge in [-0.15, -0.1) is 0 Å². The number of benzene rings is 1. The van der Waals surface area contributed by atoms with Crippen LogP contribution in [0.4, 0.5) is 0 Å². The lowest BCUT2D eigenvalue weighted by molar-refractivity contribution is 0.431. The second kappa shape index (κ2) is 7.91. The van der Waals surface area contributed by atoms with E-state index in [2.05, 4.69) is 32.9 Å². The first-order valence-corrected chi connectivity index (χ1v) is 9.18. The van der Waals surface area contributed by atoms with Crippen LogP contribution in [0.25, 0.3) is 0 Å². The maximum atomic E-state index is 6.06. The molecule has 0 radical (unpaired) electrons. The summed E-state index contributed by atoms with van der Waals surface area (Å²) in [5.74, 6) is 0.821. The van der Waals surface area contributed by atoms with Gasteiger partial charge in [-0.25, -0.2) is 0 Å². The van der Waals surface area contributed by atoms with Crippen molar-refractivity contribution in [3.05, 3.63) is 52.8 Å². The van der Waals surface area contributed by atoms with Crippen molar-refractivity contribution >= 4 is 17.6 Å². The van der Waals surface area contributed by atoms with Crippen molar-refractivity contribution in [1.29, 1.82) is 0 Å². The third-order valence-corrected chi connectivity index (χ3v) is 5.45. The molecule has 1 saturated carbocycles. The Morgan fingerprint density at radius 2 is 1.92 bits per heavy atom. The van der Waals surface area contributed by atoms with E-state index >= 15 is 0 Å². The number of hydrogen-bond acceptors (Lipinski definition) is 2. The second-order valence-corrected chi connectivity index (χ2v) is 7.16. The Morgan fingerprint density at radius 3 is 2.52 bits per heavy atom. The summed E-state index contributed by atoms with van der Waals surface area (Å²) >= 11 is 6.06. The number of guanidine groups is 1. The molecule has 0 saturated heterocycles. The van der Waals surface area contributed by atoms with Crippen molar-refractivity contribution in [2.24, 2.45) is 12.0 Å². The smallest absolute Gasteiger partial charge is 0.191 e. The minimum Gasteiger partial charge on any atom is -0.356 e. The summed E-state index contributed by atoms with van der Waals surface area (Å²) in [7, 11) is 3.75. The van der Waals surface area contributed by atoms with Crippen LogP contribution in [-0.2, 0) is 19.0 Å². The molecule has 5 nitrogen and oxygen atoms in total. The van der Waals surface area contributed by atoms with E-state index in [0.29, 0.717) is 6.54 Å². The Bertz CT molecular complexity index is 714. The first-order chi connectivity index (χ1) is 12.1. The fourth-order valence-electron chi connectivity index (χ4n) is 3.65. The van der Waals surface area contributed by atoms with Gasteiger partial charge in [0.05, 0.1) is 12.2 Å². The van der Waals surface area contributed by atoms with Crippen molar-refractivity contribution < 1.29 is 0 Å². The quantitative estimate of drug-likeness (QED) is 0.636. The predicted molar refractivity (Wildman–Crippen MR) is 103 cm³/mol. The predicted octanol–water partition coefficient (Wildman–Crippen LogP) is 3.25. The maximum absolute atomic E-state index is 6.06. The van der Waals surface area contributed by atoms with E-state index in [1.807, 2.05) is 37.0 Å². The average molecular weight is 360 g/mol. The summed E-state index contributed by atoms with van der Waals surface area (Å²) in [6, 6.07) is 10.3. The Balaban J connectivity index is 1.64. The molecule has 2 N–H and O–H groups in total. The highest BCUT2D eigenvalue weighted by atomic mass is 35.5. The molecule has 134 valence electrons. The summed E-state index contributed by atoms with van der Waals surface area (Å²) in [6.07, 6.45) is 6.73. The minimum absolute atomic E-state index is 0.161. The summed E-state index contributed by atoms with van der Waals surface area (Å²) in [6.45, 7) is 1.57. The van der Waals surface area contributed by atoms with Gasteiger partial charge in [0.25, 0.3) is 0 Å². The van der Waals surface area contributed by atoms with Crippen LogP contribution in [0.5, 0.6) is 0 Å². The SMILES string of the molecule is CN=C(NCc1ccnn1C)NCC1(c2ccc(Cl)cc2)CCCC1. The van der Waals surface area contributed by atoms with Gasteiger partial charge in [-0.05, 0) is 36.6 Å². The Kier molecular flexibility index (Phi) is 5.63. The van der Waals surface area contributed by atoms with Crippen LogP contribution in [0.1, 0.15) is 36.9 Å². The van der Waals surface area contributed by atoms with Crippen LogP contribution in [0, 0.1) is 0 Å². The summed E-state index contributed by atoms with van der Waals surface area (Å²) in [5, 5.41) is 11.9. The van der Waals surface area contributed by atoms with Gasteiger partial charge in [0.2, 0.25) is 0 Å². The number of hydrogen-bond donors (Lipinski definition) is 2. The molecule has 0 amide bonds. The molecule has 6 heteroatoms. The number of rotatable bonds is 5. The molecular weight excluding hydrogens is 334 g/mol. The van der Waals surface area contributed by atoms with Crippen molar-refractivity contribution in [3.8, 4) is 0 Å². The van der Waals surface area contributed by atoms with Crippen molar-refractivity contribution in [2.45, 2.75) is 37.6 Å². The van der Waals surface area contributed by atoms with E-state index in [-0.39, 0.29) is 5.41 Å². The van der Waals surface area contributed by atoms with E-state index in [1.54, 1.807) is 6.20 Å². The molecule has 1 heterocycles. The van der Waals surface area contributed by atoms with Gasteiger partial charge in [-0.2, -0.15) is 5.10 Å². The molecule has 0 spiro atoms. The fraction of sp³-hybridized carbons (Fsp3) is 0.474. The van der Waals surface area contributed by atoms with Gasteiger partial charge in [-0.3, -0.25) is 9.67 Å². The lowest BCUT2D eigenvalue weighted by Gasteiger charge is -2.31. The van der Waals surface area contributed by atoms with Gasteiger partial charge >= 0.3 is 0 Å². The first-order valence-electron chi connectivity index (χ1n) is 8.80. The van der Waals surface area contributed by atoms with Crippen LogP contribution in [0.3, 0.4) is 0 Å². The third-order valence-electron chi connectivity index (χ3n) is 5.19. The molecule has 1 aliphatic rings. The molecule has 25 heavy (non-hydrogen) atoms. The lowest BCUT2D eigenvalue weighted by atomic mass is 9.79. The fourth-order valence-corrected chi connectivity index (χ4v) is 3.77. The molecule has 1 fully saturated rings.